The number of rotatable bonds is 9. The van der Waals surface area contributed by atoms with Gasteiger partial charge in [-0.05, 0) is 19.8 Å². The maximum atomic E-state index is 11.8. The predicted molar refractivity (Wildman–Crippen MR) is 93.3 cm³/mol. The number of sulfone groups is 1. The van der Waals surface area contributed by atoms with Crippen molar-refractivity contribution >= 4 is 21.7 Å². The smallest absolute Gasteiger partial charge is 0.222 e. The quantitative estimate of drug-likeness (QED) is 0.319. The van der Waals surface area contributed by atoms with E-state index in [0.29, 0.717) is 19.4 Å². The maximum absolute atomic E-state index is 11.8. The van der Waals surface area contributed by atoms with E-state index >= 15 is 0 Å². The largest absolute Gasteiger partial charge is 0.357 e. The number of guanidine groups is 1. The molecule has 23 heavy (non-hydrogen) atoms. The second kappa shape index (κ2) is 10.5. The Morgan fingerprint density at radius 1 is 1.22 bits per heavy atom. The number of unbranched alkanes of at least 4 members (excludes halogenated alkanes) is 2. The topological polar surface area (TPSA) is 99.7 Å². The zero-order valence-electron chi connectivity index (χ0n) is 14.2. The fraction of sp³-hybridized carbons (Fsp3) is 0.867. The molecule has 0 bridgehead atoms. The summed E-state index contributed by atoms with van der Waals surface area (Å²) in [5.74, 6) is 0.833. The van der Waals surface area contributed by atoms with Crippen LogP contribution in [0, 0.1) is 0 Å². The third kappa shape index (κ3) is 8.78. The van der Waals surface area contributed by atoms with Crippen LogP contribution in [0.2, 0.25) is 0 Å². The van der Waals surface area contributed by atoms with Gasteiger partial charge in [0.25, 0.3) is 0 Å². The molecule has 1 saturated heterocycles. The minimum Gasteiger partial charge on any atom is -0.357 e. The number of aliphatic imine (C=N–C) groups is 1. The first-order chi connectivity index (χ1) is 11.0. The van der Waals surface area contributed by atoms with Crippen LogP contribution < -0.4 is 16.0 Å². The standard InChI is InChI=1S/C15H30N4O3S/c1-3-5-6-9-17-15(16-4-2)18-10-7-14(20)19-13-8-11-23(21,22)12-13/h13H,3-12H2,1-2H3,(H,19,20)(H2,16,17,18). The van der Waals surface area contributed by atoms with E-state index in [0.717, 1.165) is 38.3 Å². The van der Waals surface area contributed by atoms with Crippen molar-refractivity contribution in [2.75, 3.05) is 31.1 Å². The van der Waals surface area contributed by atoms with Gasteiger partial charge in [-0.2, -0.15) is 0 Å². The summed E-state index contributed by atoms with van der Waals surface area (Å²) in [6.07, 6.45) is 4.20. The van der Waals surface area contributed by atoms with Crippen LogP contribution in [-0.4, -0.2) is 57.5 Å². The molecule has 0 aliphatic carbocycles. The average molecular weight is 346 g/mol. The van der Waals surface area contributed by atoms with Crippen LogP contribution in [0.4, 0.5) is 0 Å². The van der Waals surface area contributed by atoms with E-state index in [2.05, 4.69) is 27.9 Å². The van der Waals surface area contributed by atoms with Gasteiger partial charge in [0, 0.05) is 32.1 Å². The van der Waals surface area contributed by atoms with Crippen LogP contribution in [0.3, 0.4) is 0 Å². The van der Waals surface area contributed by atoms with E-state index in [1.807, 2.05) is 6.92 Å². The average Bonchev–Trinajstić information content (AvgIpc) is 2.82. The van der Waals surface area contributed by atoms with Crippen molar-refractivity contribution in [2.45, 2.75) is 52.0 Å². The van der Waals surface area contributed by atoms with Crippen molar-refractivity contribution in [2.24, 2.45) is 4.99 Å². The first-order valence-electron chi connectivity index (χ1n) is 8.48. The summed E-state index contributed by atoms with van der Waals surface area (Å²) >= 11 is 0. The van der Waals surface area contributed by atoms with Crippen LogP contribution >= 0.6 is 0 Å². The van der Waals surface area contributed by atoms with Gasteiger partial charge in [0.2, 0.25) is 5.91 Å². The Bertz CT molecular complexity index is 491. The highest BCUT2D eigenvalue weighted by Crippen LogP contribution is 2.11. The Labute approximate surface area is 139 Å². The normalized spacial score (nSPS) is 20.3. The first-order valence-corrected chi connectivity index (χ1v) is 10.3. The Morgan fingerprint density at radius 3 is 2.61 bits per heavy atom. The van der Waals surface area contributed by atoms with Gasteiger partial charge in [0.05, 0.1) is 11.5 Å². The Hall–Kier alpha value is -1.31. The maximum Gasteiger partial charge on any atom is 0.222 e. The van der Waals surface area contributed by atoms with Gasteiger partial charge in [0.1, 0.15) is 0 Å². The zero-order chi connectivity index (χ0) is 17.1. The van der Waals surface area contributed by atoms with Gasteiger partial charge in [-0.3, -0.25) is 9.79 Å². The van der Waals surface area contributed by atoms with Crippen LogP contribution in [0.15, 0.2) is 4.99 Å². The Morgan fingerprint density at radius 2 is 2.00 bits per heavy atom. The molecule has 0 aromatic heterocycles. The molecule has 1 aliphatic heterocycles. The van der Waals surface area contributed by atoms with E-state index in [-0.39, 0.29) is 23.5 Å². The molecule has 0 saturated carbocycles. The van der Waals surface area contributed by atoms with Crippen LogP contribution in [-0.2, 0) is 14.6 Å². The number of hydrogen-bond acceptors (Lipinski definition) is 4. The number of carbonyl (C=O) groups is 1. The summed E-state index contributed by atoms with van der Waals surface area (Å²) in [4.78, 5) is 16.3. The number of hydrogen-bond donors (Lipinski definition) is 3. The molecule has 1 rings (SSSR count). The lowest BCUT2D eigenvalue weighted by atomic mass is 10.2. The zero-order valence-corrected chi connectivity index (χ0v) is 15.0. The molecule has 0 radical (unpaired) electrons. The number of nitrogens with zero attached hydrogens (tertiary/aromatic N) is 1. The van der Waals surface area contributed by atoms with Gasteiger partial charge in [-0.1, -0.05) is 19.8 Å². The minimum atomic E-state index is -2.96. The summed E-state index contributed by atoms with van der Waals surface area (Å²) < 4.78 is 22.7. The highest BCUT2D eigenvalue weighted by Gasteiger charge is 2.28. The second-order valence-electron chi connectivity index (χ2n) is 5.81. The van der Waals surface area contributed by atoms with Gasteiger partial charge < -0.3 is 16.0 Å². The third-order valence-electron chi connectivity index (χ3n) is 3.62. The highest BCUT2D eigenvalue weighted by atomic mass is 32.2. The summed E-state index contributed by atoms with van der Waals surface area (Å²) in [6, 6.07) is -0.233. The van der Waals surface area contributed by atoms with Gasteiger partial charge in [-0.25, -0.2) is 8.42 Å². The van der Waals surface area contributed by atoms with Crippen molar-refractivity contribution in [1.29, 1.82) is 0 Å². The molecule has 0 aromatic rings. The highest BCUT2D eigenvalue weighted by molar-refractivity contribution is 7.91. The molecule has 1 heterocycles. The van der Waals surface area contributed by atoms with Gasteiger partial charge in [0.15, 0.2) is 15.8 Å². The molecular formula is C15H30N4O3S. The molecule has 134 valence electrons. The van der Waals surface area contributed by atoms with E-state index < -0.39 is 9.84 Å². The van der Waals surface area contributed by atoms with E-state index in [4.69, 9.17) is 0 Å². The first kappa shape index (κ1) is 19.7. The molecule has 1 aliphatic rings. The molecule has 1 atom stereocenters. The molecule has 7 nitrogen and oxygen atoms in total. The molecule has 0 spiro atoms. The Balaban J connectivity index is 2.25. The fourth-order valence-electron chi connectivity index (χ4n) is 2.40. The number of amides is 1. The van der Waals surface area contributed by atoms with Crippen LogP contribution in [0.5, 0.6) is 0 Å². The van der Waals surface area contributed by atoms with Crippen molar-refractivity contribution in [3.63, 3.8) is 0 Å². The monoisotopic (exact) mass is 346 g/mol. The molecule has 1 amide bonds. The summed E-state index contributed by atoms with van der Waals surface area (Å²) in [5, 5.41) is 9.06. The molecule has 1 fully saturated rings. The van der Waals surface area contributed by atoms with E-state index in [9.17, 15) is 13.2 Å². The van der Waals surface area contributed by atoms with Crippen molar-refractivity contribution in [1.82, 2.24) is 16.0 Å². The summed E-state index contributed by atoms with van der Waals surface area (Å²) in [7, 11) is -2.96. The molecule has 1 unspecified atom stereocenters. The lowest BCUT2D eigenvalue weighted by Gasteiger charge is -2.13. The van der Waals surface area contributed by atoms with Crippen molar-refractivity contribution < 1.29 is 13.2 Å². The summed E-state index contributed by atoms with van der Waals surface area (Å²) in [6.45, 7) is 6.17. The number of nitrogens with one attached hydrogen (secondary N) is 3. The molecular weight excluding hydrogens is 316 g/mol. The lowest BCUT2D eigenvalue weighted by Crippen LogP contribution is -2.41. The van der Waals surface area contributed by atoms with Crippen molar-refractivity contribution in [3.05, 3.63) is 0 Å². The van der Waals surface area contributed by atoms with Gasteiger partial charge >= 0.3 is 0 Å². The minimum absolute atomic E-state index is 0.0632. The predicted octanol–water partition coefficient (Wildman–Crippen LogP) is 0.425. The van der Waals surface area contributed by atoms with E-state index in [1.165, 1.54) is 0 Å². The van der Waals surface area contributed by atoms with Crippen LogP contribution in [0.25, 0.3) is 0 Å². The number of carbonyl (C=O) groups excluding carboxylic acids is 1. The molecule has 3 N–H and O–H groups in total. The SMILES string of the molecule is CCCCCN=C(NCC)NCCC(=O)NC1CCS(=O)(=O)C1. The Kier molecular flexibility index (Phi) is 8.98. The third-order valence-corrected chi connectivity index (χ3v) is 5.39. The van der Waals surface area contributed by atoms with E-state index in [1.54, 1.807) is 0 Å². The van der Waals surface area contributed by atoms with Gasteiger partial charge in [-0.15, -0.1) is 0 Å². The lowest BCUT2D eigenvalue weighted by molar-refractivity contribution is -0.121. The second-order valence-corrected chi connectivity index (χ2v) is 8.04. The summed E-state index contributed by atoms with van der Waals surface area (Å²) in [5.41, 5.74) is 0. The fourth-order valence-corrected chi connectivity index (χ4v) is 4.07. The molecule has 8 heteroatoms. The van der Waals surface area contributed by atoms with Crippen LogP contribution in [0.1, 0.15) is 46.0 Å². The molecule has 0 aromatic carbocycles. The van der Waals surface area contributed by atoms with Crippen molar-refractivity contribution in [3.8, 4) is 0 Å².